The zero-order chi connectivity index (χ0) is 96.2. The minimum Gasteiger partial charge on any atom is -0.457 e. The van der Waals surface area contributed by atoms with Gasteiger partial charge in [0.05, 0.1) is 44.8 Å². The summed E-state index contributed by atoms with van der Waals surface area (Å²) in [5.74, 6) is 3.15. The minimum atomic E-state index is -0.447. The van der Waals surface area contributed by atoms with Crippen molar-refractivity contribution in [1.29, 1.82) is 0 Å². The Bertz CT molecular complexity index is 6560. The van der Waals surface area contributed by atoms with Crippen LogP contribution in [0.5, 0.6) is 23.0 Å². The fourth-order valence-corrected chi connectivity index (χ4v) is 15.6. The minimum absolute atomic E-state index is 0.182. The normalized spacial score (nSPS) is 13.1. The van der Waals surface area contributed by atoms with E-state index in [2.05, 4.69) is 185 Å². The zero-order valence-electron chi connectivity index (χ0n) is 77.3. The number of benzene rings is 11. The number of piperazine rings is 3. The summed E-state index contributed by atoms with van der Waals surface area (Å²) in [6, 6.07) is 84.5. The van der Waals surface area contributed by atoms with Crippen LogP contribution in [-0.2, 0) is 20.9 Å². The van der Waals surface area contributed by atoms with Crippen LogP contribution in [0.25, 0.3) is 11.1 Å². The van der Waals surface area contributed by atoms with Crippen LogP contribution in [0, 0.1) is 13.8 Å². The van der Waals surface area contributed by atoms with Crippen LogP contribution in [0.1, 0.15) is 37.4 Å². The van der Waals surface area contributed by atoms with Gasteiger partial charge in [0.25, 0.3) is 11.8 Å². The molecule has 31 heteroatoms. The molecule has 3 fully saturated rings. The van der Waals surface area contributed by atoms with Gasteiger partial charge in [0.1, 0.15) is 51.6 Å². The Kier molecular flexibility index (Phi) is 32.4. The second-order valence-electron chi connectivity index (χ2n) is 32.9. The monoisotopic (exact) mass is 1860 g/mol. The van der Waals surface area contributed by atoms with Gasteiger partial charge >= 0.3 is 0 Å². The Morgan fingerprint density at radius 3 is 1.07 bits per heavy atom. The van der Waals surface area contributed by atoms with Gasteiger partial charge in [-0.3, -0.25) is 24.0 Å². The molecule has 0 aliphatic carbocycles. The molecule has 0 unspecified atom stereocenters. The van der Waals surface area contributed by atoms with Crippen molar-refractivity contribution in [1.82, 2.24) is 49.9 Å². The van der Waals surface area contributed by atoms with E-state index in [1.807, 2.05) is 202 Å². The summed E-state index contributed by atoms with van der Waals surface area (Å²) in [5.41, 5.74) is 14.7. The lowest BCUT2D eigenvalue weighted by atomic mass is 10.1. The van der Waals surface area contributed by atoms with Crippen molar-refractivity contribution in [3.63, 3.8) is 0 Å². The highest BCUT2D eigenvalue weighted by Gasteiger charge is 2.25. The number of ether oxygens (including phenoxy) is 2. The van der Waals surface area contributed by atoms with E-state index in [1.165, 1.54) is 36.3 Å². The molecule has 11 N–H and O–H groups in total. The first-order valence-corrected chi connectivity index (χ1v) is 45.5. The molecular formula is C107H108ClN23O7. The van der Waals surface area contributed by atoms with Crippen LogP contribution in [0.3, 0.4) is 0 Å². The SMILES string of the molecule is C=CC(=O)Nc1ccccc1Nc1nc(Nc2ccc(N3CCN(C)CC3)cc2)ncc1-c1ccc(Oc2ccccc2)cc1.C=CC(=O)Nc1ccccc1Nc1nc(Nc2ccc(N3CCN(C)CC3)cc2)ncc1C(=O)NCc1ccc(Oc2ccccc2)cc1.C=CC(=O)Nc1ccccc1Nc1nc(Nc2ccc(N3CCN(C)CC3)cc2)ncc1C(=O)Nc1c(C)cc(C)cc1Cl. The fraction of sp³-hybridized carbons (Fsp3) is 0.168. The van der Waals surface area contributed by atoms with Gasteiger partial charge < -0.3 is 97.4 Å². The van der Waals surface area contributed by atoms with Crippen LogP contribution in [0.15, 0.2) is 323 Å². The van der Waals surface area contributed by atoms with E-state index in [1.54, 1.807) is 48.7 Å². The highest BCUT2D eigenvalue weighted by Crippen LogP contribution is 2.38. The Hall–Kier alpha value is -16.8. The first-order valence-electron chi connectivity index (χ1n) is 45.1. The molecule has 3 aliphatic rings. The third-order valence-corrected chi connectivity index (χ3v) is 23.2. The predicted molar refractivity (Wildman–Crippen MR) is 555 cm³/mol. The van der Waals surface area contributed by atoms with E-state index in [0.29, 0.717) is 68.3 Å². The molecule has 700 valence electrons. The summed E-state index contributed by atoms with van der Waals surface area (Å²) in [5, 5.41) is 34.4. The molecule has 138 heavy (non-hydrogen) atoms. The number of hydrogen-bond donors (Lipinski definition) is 11. The maximum absolute atomic E-state index is 13.6. The summed E-state index contributed by atoms with van der Waals surface area (Å²) in [7, 11) is 6.43. The molecule has 0 radical (unpaired) electrons. The largest absolute Gasteiger partial charge is 0.457 e. The number of nitrogens with zero attached hydrogens (tertiary/aromatic N) is 12. The zero-order valence-corrected chi connectivity index (χ0v) is 78.0. The smallest absolute Gasteiger partial charge is 0.261 e. The molecular weight excluding hydrogens is 1750 g/mol. The van der Waals surface area contributed by atoms with Gasteiger partial charge in [0.2, 0.25) is 35.6 Å². The molecule has 11 aromatic carbocycles. The lowest BCUT2D eigenvalue weighted by Crippen LogP contribution is -2.44. The number of nitrogens with one attached hydrogen (secondary N) is 11. The second kappa shape index (κ2) is 46.7. The highest BCUT2D eigenvalue weighted by molar-refractivity contribution is 6.34. The van der Waals surface area contributed by atoms with E-state index >= 15 is 0 Å². The predicted octanol–water partition coefficient (Wildman–Crippen LogP) is 20.2. The van der Waals surface area contributed by atoms with Crippen LogP contribution >= 0.6 is 11.6 Å². The third-order valence-electron chi connectivity index (χ3n) is 22.9. The molecule has 0 bridgehead atoms. The van der Waals surface area contributed by atoms with Gasteiger partial charge in [-0.05, 0) is 239 Å². The van der Waals surface area contributed by atoms with Crippen molar-refractivity contribution >= 4 is 150 Å². The summed E-state index contributed by atoms with van der Waals surface area (Å²) in [6.07, 6.45) is 8.33. The first kappa shape index (κ1) is 95.8. The molecule has 0 spiro atoms. The van der Waals surface area contributed by atoms with E-state index in [9.17, 15) is 24.0 Å². The van der Waals surface area contributed by atoms with E-state index in [4.69, 9.17) is 31.0 Å². The average molecular weight is 1860 g/mol. The van der Waals surface area contributed by atoms with Crippen molar-refractivity contribution in [2.24, 2.45) is 0 Å². The van der Waals surface area contributed by atoms with Crippen LogP contribution in [0.2, 0.25) is 5.02 Å². The van der Waals surface area contributed by atoms with Crippen molar-refractivity contribution in [2.75, 3.05) is 168 Å². The Balaban J connectivity index is 0.000000157. The lowest BCUT2D eigenvalue weighted by molar-refractivity contribution is -0.112. The molecule has 0 saturated carbocycles. The van der Waals surface area contributed by atoms with Crippen molar-refractivity contribution in [2.45, 2.75) is 20.4 Å². The molecule has 14 aromatic rings. The number of hydrogen-bond acceptors (Lipinski definition) is 25. The summed E-state index contributed by atoms with van der Waals surface area (Å²) in [4.78, 5) is 105. The summed E-state index contributed by atoms with van der Waals surface area (Å²) >= 11 is 6.48. The van der Waals surface area contributed by atoms with Crippen molar-refractivity contribution in [3.05, 3.63) is 356 Å². The molecule has 30 nitrogen and oxygen atoms in total. The Labute approximate surface area is 807 Å². The second-order valence-corrected chi connectivity index (χ2v) is 33.3. The number of likely N-dealkylation sites (N-methyl/N-ethyl adjacent to an activating group) is 3. The van der Waals surface area contributed by atoms with E-state index in [-0.39, 0.29) is 58.9 Å². The molecule has 3 saturated heterocycles. The quantitative estimate of drug-likeness (QED) is 0.0180. The number of carbonyl (C=O) groups excluding carboxylic acids is 5. The summed E-state index contributed by atoms with van der Waals surface area (Å²) < 4.78 is 11.9. The van der Waals surface area contributed by atoms with Crippen LogP contribution in [0.4, 0.5) is 109 Å². The molecule has 5 amide bonds. The Morgan fingerprint density at radius 1 is 0.362 bits per heavy atom. The number of anilines is 19. The van der Waals surface area contributed by atoms with E-state index < -0.39 is 5.91 Å². The van der Waals surface area contributed by atoms with Crippen molar-refractivity contribution in [3.8, 4) is 34.1 Å². The van der Waals surface area contributed by atoms with Gasteiger partial charge in [-0.25, -0.2) is 15.0 Å². The number of carbonyl (C=O) groups is 5. The lowest BCUT2D eigenvalue weighted by Gasteiger charge is -2.34. The number of amides is 5. The fourth-order valence-electron chi connectivity index (χ4n) is 15.2. The van der Waals surface area contributed by atoms with Crippen LogP contribution in [-0.4, -0.2) is 174 Å². The van der Waals surface area contributed by atoms with Gasteiger partial charge in [-0.1, -0.05) is 134 Å². The highest BCUT2D eigenvalue weighted by atomic mass is 35.5. The first-order chi connectivity index (χ1) is 67.2. The molecule has 17 rings (SSSR count). The summed E-state index contributed by atoms with van der Waals surface area (Å²) in [6.45, 7) is 26.9. The van der Waals surface area contributed by atoms with Gasteiger partial charge in [0, 0.05) is 143 Å². The molecule has 0 atom stereocenters. The maximum atomic E-state index is 13.6. The number of para-hydroxylation sites is 8. The standard InChI is InChI=1S/C38H38N8O3.C36H35N7O2.C33H35ClN8O2/c1-3-35(47)42-33-11-7-8-12-34(33)43-36-32(37(48)39-25-27-13-19-31(20-14-27)49-30-9-5-4-6-10-30)26-40-38(44-36)41-28-15-17-29(18-16-28)46-23-21-45(2)22-24-46;1-3-34(44)39-32-11-7-8-12-33(32)40-35-31(26-13-19-30(20-14-26)45-29-9-5-4-6-10-29)25-37-36(41-35)38-27-15-17-28(18-16-27)43-23-21-42(2)22-24-43;1-5-29(43)37-27-8-6-7-9-28(27)38-31-25(32(44)39-30-22(3)18-21(2)19-26(30)34)20-35-33(40-31)36-23-10-12-24(13-11-23)42-16-14-41(4)15-17-42/h3-20,26H,1,21-25H2,2H3,(H,39,48)(H,42,47)(H2,40,41,43,44);3-20,25H,1,21-24H2,2H3,(H,39,44)(H2,37,38,40,41);5-13,18-20H,1,14-17H2,2-4H3,(H,37,43)(H,39,44)(H2,35,36,38,40). The number of halogens is 1. The topological polar surface area (TPSA) is 333 Å². The number of rotatable bonds is 31. The average Bonchev–Trinajstić information content (AvgIpc) is 0.812. The van der Waals surface area contributed by atoms with Gasteiger partial charge in [-0.2, -0.15) is 15.0 Å². The van der Waals surface area contributed by atoms with Crippen LogP contribution < -0.4 is 82.7 Å². The number of aromatic nitrogens is 6. The van der Waals surface area contributed by atoms with Gasteiger partial charge in [-0.15, -0.1) is 0 Å². The third kappa shape index (κ3) is 26.6. The van der Waals surface area contributed by atoms with Crippen molar-refractivity contribution < 1.29 is 33.4 Å². The number of aryl methyl sites for hydroxylation is 2. The Morgan fingerprint density at radius 2 is 0.696 bits per heavy atom. The molecule has 6 heterocycles. The van der Waals surface area contributed by atoms with Gasteiger partial charge in [0.15, 0.2) is 0 Å². The molecule has 3 aliphatic heterocycles. The maximum Gasteiger partial charge on any atom is 0.261 e. The molecule has 3 aromatic heterocycles. The van der Waals surface area contributed by atoms with E-state index in [0.717, 1.165) is 152 Å².